The van der Waals surface area contributed by atoms with Gasteiger partial charge >= 0.3 is 5.97 Å². The number of rotatable bonds is 18. The van der Waals surface area contributed by atoms with Gasteiger partial charge in [0.25, 0.3) is 3.79 Å². The molecular weight excluding hydrogens is 507 g/mol. The summed E-state index contributed by atoms with van der Waals surface area (Å²) in [7, 11) is 0. The van der Waals surface area contributed by atoms with Gasteiger partial charge in [-0.1, -0.05) is 88.2 Å². The van der Waals surface area contributed by atoms with Gasteiger partial charge in [-0.05, 0) is 25.7 Å². The van der Waals surface area contributed by atoms with E-state index in [2.05, 4.69) is 27.7 Å². The zero-order valence-electron chi connectivity index (χ0n) is 21.1. The number of alkyl halides is 3. The molecule has 1 aliphatic heterocycles. The van der Waals surface area contributed by atoms with Crippen LogP contribution in [0.1, 0.15) is 79.1 Å². The molecule has 5 atom stereocenters. The van der Waals surface area contributed by atoms with E-state index in [1.807, 2.05) is 0 Å². The van der Waals surface area contributed by atoms with Gasteiger partial charge in [0, 0.05) is 26.4 Å². The molecule has 5 unspecified atom stereocenters. The van der Waals surface area contributed by atoms with E-state index < -0.39 is 40.5 Å². The fraction of sp³-hybridized carbons (Fsp3) is 0.958. The van der Waals surface area contributed by atoms with Gasteiger partial charge in [0.15, 0.2) is 0 Å². The Bertz CT molecular complexity index is 533. The Morgan fingerprint density at radius 1 is 0.735 bits per heavy atom. The van der Waals surface area contributed by atoms with Crippen LogP contribution in [-0.4, -0.2) is 73.5 Å². The minimum Gasteiger partial charge on any atom is -0.430 e. The van der Waals surface area contributed by atoms with Gasteiger partial charge in [-0.15, -0.1) is 0 Å². The third kappa shape index (κ3) is 11.9. The van der Waals surface area contributed by atoms with Crippen molar-refractivity contribution in [3.05, 3.63) is 0 Å². The lowest BCUT2D eigenvalue weighted by molar-refractivity contribution is -0.315. The summed E-state index contributed by atoms with van der Waals surface area (Å²) in [5.41, 5.74) is 0. The number of unbranched alkanes of at least 4 members (excludes halogenated alkanes) is 4. The van der Waals surface area contributed by atoms with Crippen LogP contribution in [0.15, 0.2) is 0 Å². The number of ether oxygens (including phenoxy) is 6. The Balaban J connectivity index is 3.19. The Morgan fingerprint density at radius 2 is 1.21 bits per heavy atom. The third-order valence-corrected chi connectivity index (χ3v) is 5.86. The van der Waals surface area contributed by atoms with Gasteiger partial charge < -0.3 is 28.4 Å². The fourth-order valence-corrected chi connectivity index (χ4v) is 3.52. The van der Waals surface area contributed by atoms with Crippen LogP contribution in [0.5, 0.6) is 0 Å². The van der Waals surface area contributed by atoms with E-state index in [0.29, 0.717) is 26.4 Å². The highest BCUT2D eigenvalue weighted by atomic mass is 35.6. The highest BCUT2D eigenvalue weighted by molar-refractivity contribution is 6.75. The van der Waals surface area contributed by atoms with Crippen LogP contribution in [-0.2, 0) is 33.2 Å². The van der Waals surface area contributed by atoms with E-state index in [-0.39, 0.29) is 6.61 Å². The molecule has 10 heteroatoms. The zero-order chi connectivity index (χ0) is 25.4. The van der Waals surface area contributed by atoms with Crippen molar-refractivity contribution >= 4 is 40.8 Å². The van der Waals surface area contributed by atoms with Crippen molar-refractivity contribution in [2.24, 2.45) is 0 Å². The predicted octanol–water partition coefficient (Wildman–Crippen LogP) is 6.00. The molecular formula is C24H43Cl3O7. The monoisotopic (exact) mass is 548 g/mol. The second-order valence-electron chi connectivity index (χ2n) is 8.44. The zero-order valence-corrected chi connectivity index (χ0v) is 23.3. The average Bonchev–Trinajstić information content (AvgIpc) is 2.79. The second-order valence-corrected chi connectivity index (χ2v) is 10.7. The van der Waals surface area contributed by atoms with Gasteiger partial charge in [-0.3, -0.25) is 0 Å². The van der Waals surface area contributed by atoms with E-state index in [1.165, 1.54) is 0 Å². The summed E-state index contributed by atoms with van der Waals surface area (Å²) in [5.74, 6) is -1.03. The van der Waals surface area contributed by atoms with Crippen molar-refractivity contribution in [2.45, 2.75) is 114 Å². The molecule has 0 radical (unpaired) electrons. The maximum absolute atomic E-state index is 12.4. The van der Waals surface area contributed by atoms with Crippen LogP contribution < -0.4 is 0 Å². The first-order valence-electron chi connectivity index (χ1n) is 12.7. The summed E-state index contributed by atoms with van der Waals surface area (Å²) in [6.45, 7) is 10.7. The maximum atomic E-state index is 12.4. The van der Waals surface area contributed by atoms with Crippen molar-refractivity contribution in [1.82, 2.24) is 0 Å². The first kappa shape index (κ1) is 32.2. The fourth-order valence-electron chi connectivity index (χ4n) is 3.38. The lowest BCUT2D eigenvalue weighted by atomic mass is 9.98. The number of carbonyl (C=O) groups excluding carboxylic acids is 1. The highest BCUT2D eigenvalue weighted by Gasteiger charge is 2.51. The number of esters is 1. The first-order chi connectivity index (χ1) is 16.3. The third-order valence-electron chi connectivity index (χ3n) is 5.39. The molecule has 0 saturated carbocycles. The van der Waals surface area contributed by atoms with E-state index in [4.69, 9.17) is 63.2 Å². The molecule has 0 aromatic heterocycles. The molecule has 0 aliphatic carbocycles. The molecule has 1 rings (SSSR count). The standard InChI is InChI=1S/C24H43Cl3O7/c1-5-9-13-29-17-18-19(30-14-10-6-2)20(31-15-11-7-3)21(32-16-12-8-4)22(33-18)34-23(28)24(25,26)27/h18-22H,5-17H2,1-4H3. The van der Waals surface area contributed by atoms with Crippen molar-refractivity contribution < 1.29 is 33.2 Å². The SMILES string of the molecule is CCCCOCC1OC(OC(=O)C(Cl)(Cl)Cl)C(OCCCC)C(OCCCC)C1OCCCC. The number of hydrogen-bond donors (Lipinski definition) is 0. The van der Waals surface area contributed by atoms with Crippen molar-refractivity contribution in [3.8, 4) is 0 Å². The van der Waals surface area contributed by atoms with Gasteiger partial charge in [-0.25, -0.2) is 4.79 Å². The van der Waals surface area contributed by atoms with Crippen LogP contribution in [0.4, 0.5) is 0 Å². The molecule has 0 bridgehead atoms. The first-order valence-corrected chi connectivity index (χ1v) is 13.8. The van der Waals surface area contributed by atoms with E-state index in [0.717, 1.165) is 51.4 Å². The summed E-state index contributed by atoms with van der Waals surface area (Å²) in [6.07, 6.45) is 4.04. The Labute approximate surface area is 220 Å². The van der Waals surface area contributed by atoms with Crippen molar-refractivity contribution in [3.63, 3.8) is 0 Å². The smallest absolute Gasteiger partial charge is 0.360 e. The molecule has 0 aromatic carbocycles. The molecule has 0 aromatic rings. The molecule has 7 nitrogen and oxygen atoms in total. The largest absolute Gasteiger partial charge is 0.430 e. The normalized spacial score (nSPS) is 25.4. The van der Waals surface area contributed by atoms with Crippen molar-refractivity contribution in [1.29, 1.82) is 0 Å². The molecule has 0 N–H and O–H groups in total. The van der Waals surface area contributed by atoms with Crippen LogP contribution in [0.3, 0.4) is 0 Å². The molecule has 202 valence electrons. The molecule has 1 fully saturated rings. The van der Waals surface area contributed by atoms with Crippen LogP contribution in [0, 0.1) is 0 Å². The molecule has 34 heavy (non-hydrogen) atoms. The second kappa shape index (κ2) is 18.4. The number of hydrogen-bond acceptors (Lipinski definition) is 7. The Hall–Kier alpha value is 0.140. The quantitative estimate of drug-likeness (QED) is 0.118. The summed E-state index contributed by atoms with van der Waals surface area (Å²) in [5, 5.41) is 0. The molecule has 1 heterocycles. The van der Waals surface area contributed by atoms with Gasteiger partial charge in [0.2, 0.25) is 6.29 Å². The summed E-state index contributed by atoms with van der Waals surface area (Å²) < 4.78 is 34.0. The van der Waals surface area contributed by atoms with Gasteiger partial charge in [0.1, 0.15) is 24.4 Å². The van der Waals surface area contributed by atoms with Crippen molar-refractivity contribution in [2.75, 3.05) is 33.0 Å². The van der Waals surface area contributed by atoms with E-state index in [9.17, 15) is 4.79 Å². The van der Waals surface area contributed by atoms with Crippen LogP contribution in [0.25, 0.3) is 0 Å². The lowest BCUT2D eigenvalue weighted by Gasteiger charge is -2.45. The van der Waals surface area contributed by atoms with Crippen LogP contribution >= 0.6 is 34.8 Å². The van der Waals surface area contributed by atoms with Gasteiger partial charge in [-0.2, -0.15) is 0 Å². The van der Waals surface area contributed by atoms with E-state index >= 15 is 0 Å². The predicted molar refractivity (Wildman–Crippen MR) is 135 cm³/mol. The molecule has 1 saturated heterocycles. The minimum atomic E-state index is -2.24. The lowest BCUT2D eigenvalue weighted by Crippen LogP contribution is -2.62. The molecule has 1 aliphatic rings. The summed E-state index contributed by atoms with van der Waals surface area (Å²) >= 11 is 17.3. The number of halogens is 3. The minimum absolute atomic E-state index is 0.258. The Kier molecular flexibility index (Phi) is 17.4. The average molecular weight is 550 g/mol. The Morgan fingerprint density at radius 3 is 1.71 bits per heavy atom. The molecule has 0 amide bonds. The maximum Gasteiger partial charge on any atom is 0.360 e. The molecule has 0 spiro atoms. The van der Waals surface area contributed by atoms with Crippen LogP contribution in [0.2, 0.25) is 0 Å². The summed E-state index contributed by atoms with van der Waals surface area (Å²) in [6, 6.07) is 0. The number of carbonyl (C=O) groups is 1. The summed E-state index contributed by atoms with van der Waals surface area (Å²) in [4.78, 5) is 12.4. The topological polar surface area (TPSA) is 72.5 Å². The van der Waals surface area contributed by atoms with E-state index in [1.54, 1.807) is 0 Å². The highest BCUT2D eigenvalue weighted by Crippen LogP contribution is 2.33. The van der Waals surface area contributed by atoms with Gasteiger partial charge in [0.05, 0.1) is 6.61 Å².